The van der Waals surface area contributed by atoms with E-state index >= 15 is 0 Å². The molecule has 0 amide bonds. The van der Waals surface area contributed by atoms with Crippen LogP contribution in [0.5, 0.6) is 11.5 Å². The van der Waals surface area contributed by atoms with E-state index in [1.165, 1.54) is 0 Å². The van der Waals surface area contributed by atoms with E-state index in [1.54, 1.807) is 12.1 Å². The summed E-state index contributed by atoms with van der Waals surface area (Å²) in [6.07, 6.45) is 4.43. The van der Waals surface area contributed by atoms with Crippen molar-refractivity contribution in [2.75, 3.05) is 0 Å². The molecule has 114 valence electrons. The average Bonchev–Trinajstić information content (AvgIpc) is 2.51. The molecule has 0 spiro atoms. The van der Waals surface area contributed by atoms with Crippen LogP contribution >= 0.6 is 0 Å². The number of allylic oxidation sites excluding steroid dienone is 2. The Balaban J connectivity index is 2.30. The average molecular weight is 292 g/mol. The highest BCUT2D eigenvalue weighted by molar-refractivity contribution is 5.53. The molecule has 0 unspecified atom stereocenters. The lowest BCUT2D eigenvalue weighted by Gasteiger charge is -2.46. The minimum atomic E-state index is -2.84. The Morgan fingerprint density at radius 1 is 1.43 bits per heavy atom. The Morgan fingerprint density at radius 3 is 2.95 bits per heavy atom. The highest BCUT2D eigenvalue weighted by Gasteiger charge is 2.45. The minimum absolute atomic E-state index is 0.0431. The smallest absolute Gasteiger partial charge is 0.127 e. The quantitative estimate of drug-likeness (QED) is 0.781. The predicted molar refractivity (Wildman–Crippen MR) is 86.0 cm³/mol. The molecule has 2 atom stereocenters. The van der Waals surface area contributed by atoms with Crippen LogP contribution in [0, 0.1) is 5.92 Å². The van der Waals surface area contributed by atoms with E-state index < -0.39 is 31.1 Å². The molecule has 2 heteroatoms. The molecule has 21 heavy (non-hydrogen) atoms. The molecule has 2 nitrogen and oxygen atoms in total. The number of fused-ring (bicyclic) bond motifs is 3. The van der Waals surface area contributed by atoms with Gasteiger partial charge in [0.05, 0.1) is 0 Å². The molecule has 0 radical (unpaired) electrons. The van der Waals surface area contributed by atoms with Crippen molar-refractivity contribution < 1.29 is 18.1 Å². The zero-order valence-corrected chi connectivity index (χ0v) is 12.6. The Bertz CT molecular complexity index is 749. The number of aromatic hydroxyl groups is 1. The van der Waals surface area contributed by atoms with Gasteiger partial charge in [-0.05, 0) is 57.6 Å². The highest BCUT2D eigenvalue weighted by atomic mass is 16.5. The van der Waals surface area contributed by atoms with Crippen LogP contribution in [0.15, 0.2) is 23.8 Å². The number of benzene rings is 1. The molecule has 0 saturated heterocycles. The Labute approximate surface area is 136 Å². The molecule has 1 aromatic carbocycles. The zero-order valence-electron chi connectivity index (χ0n) is 18.6. The van der Waals surface area contributed by atoms with Crippen molar-refractivity contribution in [3.8, 4) is 11.5 Å². The first-order chi connectivity index (χ1) is 12.4. The largest absolute Gasteiger partial charge is 0.507 e. The van der Waals surface area contributed by atoms with Crippen molar-refractivity contribution in [1.82, 2.24) is 0 Å². The predicted octanol–water partition coefficient (Wildman–Crippen LogP) is 4.96. The van der Waals surface area contributed by atoms with Gasteiger partial charge in [0.2, 0.25) is 0 Å². The number of phenolic OH excluding ortho intramolecular Hbond substituents is 1. The Hall–Kier alpha value is -1.44. The third-order valence-electron chi connectivity index (χ3n) is 4.59. The first-order valence-corrected chi connectivity index (χ1v) is 7.64. The van der Waals surface area contributed by atoms with Crippen LogP contribution in [0.3, 0.4) is 0 Å². The Kier molecular flexibility index (Phi) is 2.15. The minimum Gasteiger partial charge on any atom is -0.507 e. The van der Waals surface area contributed by atoms with Crippen molar-refractivity contribution in [3.05, 3.63) is 34.9 Å². The fraction of sp³-hybridized carbons (Fsp3) is 0.579. The summed E-state index contributed by atoms with van der Waals surface area (Å²) in [7, 11) is 0. The summed E-state index contributed by atoms with van der Waals surface area (Å²) in [6.45, 7) is -1.74. The highest BCUT2D eigenvalue weighted by Crippen LogP contribution is 2.53. The van der Waals surface area contributed by atoms with Crippen LogP contribution in [-0.2, 0) is 6.42 Å². The molecule has 0 fully saturated rings. The van der Waals surface area contributed by atoms with Gasteiger partial charge in [0, 0.05) is 25.6 Å². The van der Waals surface area contributed by atoms with Crippen molar-refractivity contribution >= 4 is 0 Å². The summed E-state index contributed by atoms with van der Waals surface area (Å²) < 4.78 is 54.5. The molecule has 2 aliphatic rings. The summed E-state index contributed by atoms with van der Waals surface area (Å²) in [6, 6.07) is 3.37. The maximum Gasteiger partial charge on any atom is 0.127 e. The van der Waals surface area contributed by atoms with E-state index in [4.69, 9.17) is 13.0 Å². The molecule has 0 saturated carbocycles. The van der Waals surface area contributed by atoms with Crippen LogP contribution in [-0.4, -0.2) is 10.7 Å². The molecule has 0 bridgehead atoms. The SMILES string of the molecule is [2H]C([2H])([2H])C1(C([2H])([2H])[2H])Oc2cc(CCC)cc(O)c2[C@@H]2C=C(C)CC[C@H]21. The van der Waals surface area contributed by atoms with Crippen molar-refractivity contribution in [2.24, 2.45) is 5.92 Å². The van der Waals surface area contributed by atoms with Gasteiger partial charge in [-0.15, -0.1) is 0 Å². The van der Waals surface area contributed by atoms with Crippen molar-refractivity contribution in [3.63, 3.8) is 0 Å². The van der Waals surface area contributed by atoms with E-state index in [0.29, 0.717) is 24.8 Å². The fourth-order valence-corrected chi connectivity index (χ4v) is 3.58. The lowest BCUT2D eigenvalue weighted by atomic mass is 9.68. The van der Waals surface area contributed by atoms with Gasteiger partial charge >= 0.3 is 0 Å². The second-order valence-corrected chi connectivity index (χ2v) is 6.30. The van der Waals surface area contributed by atoms with Crippen LogP contribution in [0.4, 0.5) is 0 Å². The third kappa shape index (κ3) is 2.45. The molecule has 1 aliphatic heterocycles. The topological polar surface area (TPSA) is 29.5 Å². The molecule has 1 aliphatic carbocycles. The van der Waals surface area contributed by atoms with E-state index in [2.05, 4.69) is 0 Å². The van der Waals surface area contributed by atoms with Crippen LogP contribution in [0.2, 0.25) is 0 Å². The van der Waals surface area contributed by atoms with Crippen molar-refractivity contribution in [2.45, 2.75) is 64.8 Å². The lowest BCUT2D eigenvalue weighted by Crippen LogP contribution is -2.45. The summed E-state index contributed by atoms with van der Waals surface area (Å²) in [5.41, 5.74) is 0.0643. The van der Waals surface area contributed by atoms with Gasteiger partial charge in [-0.3, -0.25) is 0 Å². The molecule has 3 rings (SSSR count). The monoisotopic (exact) mass is 292 g/mol. The van der Waals surface area contributed by atoms with Gasteiger partial charge in [-0.25, -0.2) is 0 Å². The maximum atomic E-state index is 10.7. The number of phenols is 1. The van der Waals surface area contributed by atoms with E-state index in [-0.39, 0.29) is 11.5 Å². The van der Waals surface area contributed by atoms with Gasteiger partial charge in [0.1, 0.15) is 17.1 Å². The summed E-state index contributed by atoms with van der Waals surface area (Å²) in [4.78, 5) is 0. The van der Waals surface area contributed by atoms with E-state index in [9.17, 15) is 5.11 Å². The lowest BCUT2D eigenvalue weighted by molar-refractivity contribution is 0.0107. The first kappa shape index (κ1) is 8.87. The van der Waals surface area contributed by atoms with E-state index in [1.807, 2.05) is 19.9 Å². The first-order valence-electron chi connectivity index (χ1n) is 10.6. The third-order valence-corrected chi connectivity index (χ3v) is 4.59. The van der Waals surface area contributed by atoms with Crippen LogP contribution in [0.25, 0.3) is 0 Å². The second kappa shape index (κ2) is 5.08. The summed E-state index contributed by atoms with van der Waals surface area (Å²) in [5, 5.41) is 10.7. The van der Waals surface area contributed by atoms with Gasteiger partial charge in [0.25, 0.3) is 0 Å². The van der Waals surface area contributed by atoms with Crippen molar-refractivity contribution in [1.29, 1.82) is 0 Å². The maximum absolute atomic E-state index is 10.7. The molecule has 1 N–H and O–H groups in total. The molecular weight excluding hydrogens is 260 g/mol. The molecule has 0 aromatic heterocycles. The standard InChI is InChI=1S/C19H26O2/c1-5-6-13-10-16(20)18-14-9-12(2)7-8-15(14)19(3,4)21-17(18)11-13/h9-11,14-15,20H,5-8H2,1-4H3/t14-,15-/m1/s1/i3D3,4D3. The zero-order chi connectivity index (χ0) is 20.2. The number of ether oxygens (including phenoxy) is 1. The Morgan fingerprint density at radius 2 is 2.24 bits per heavy atom. The fourth-order valence-electron chi connectivity index (χ4n) is 3.58. The second-order valence-electron chi connectivity index (χ2n) is 6.30. The van der Waals surface area contributed by atoms with Crippen LogP contribution in [0.1, 0.15) is 72.1 Å². The number of hydrogen-bond donors (Lipinski definition) is 1. The van der Waals surface area contributed by atoms with Gasteiger partial charge in [-0.1, -0.05) is 25.0 Å². The molecule has 1 aromatic rings. The van der Waals surface area contributed by atoms with Crippen LogP contribution < -0.4 is 4.74 Å². The number of aryl methyl sites for hydroxylation is 1. The van der Waals surface area contributed by atoms with Gasteiger partial charge in [0.15, 0.2) is 0 Å². The summed E-state index contributed by atoms with van der Waals surface area (Å²) >= 11 is 0. The summed E-state index contributed by atoms with van der Waals surface area (Å²) in [5.74, 6) is -1.05. The number of rotatable bonds is 2. The normalized spacial score (nSPS) is 31.8. The number of hydrogen-bond acceptors (Lipinski definition) is 2. The van der Waals surface area contributed by atoms with E-state index in [0.717, 1.165) is 17.6 Å². The molecule has 1 heterocycles. The van der Waals surface area contributed by atoms with Gasteiger partial charge in [-0.2, -0.15) is 0 Å². The molecular formula is C19H26O2. The van der Waals surface area contributed by atoms with Gasteiger partial charge < -0.3 is 9.84 Å².